The Labute approximate surface area is 172 Å². The summed E-state index contributed by atoms with van der Waals surface area (Å²) < 4.78 is 5.31. The molecule has 2 heterocycles. The van der Waals surface area contributed by atoms with E-state index in [4.69, 9.17) is 9.72 Å². The predicted molar refractivity (Wildman–Crippen MR) is 118 cm³/mol. The molecule has 0 spiro atoms. The maximum Gasteiger partial charge on any atom is 0.136 e. The first kappa shape index (κ1) is 19.2. The van der Waals surface area contributed by atoms with Crippen molar-refractivity contribution < 1.29 is 4.74 Å². The molecule has 4 rings (SSSR count). The molecule has 0 saturated carbocycles. The number of anilines is 3. The summed E-state index contributed by atoms with van der Waals surface area (Å²) >= 11 is 0. The van der Waals surface area contributed by atoms with Gasteiger partial charge in [0.15, 0.2) is 0 Å². The number of aromatic nitrogens is 2. The van der Waals surface area contributed by atoms with Gasteiger partial charge in [-0.3, -0.25) is 0 Å². The average Bonchev–Trinajstić information content (AvgIpc) is 2.75. The molecule has 0 amide bonds. The van der Waals surface area contributed by atoms with E-state index in [0.29, 0.717) is 0 Å². The van der Waals surface area contributed by atoms with E-state index in [1.807, 2.05) is 37.3 Å². The molecule has 0 bridgehead atoms. The van der Waals surface area contributed by atoms with Crippen LogP contribution in [0.5, 0.6) is 5.75 Å². The molecule has 1 aromatic heterocycles. The second-order valence-electron chi connectivity index (χ2n) is 7.64. The van der Waals surface area contributed by atoms with Crippen LogP contribution >= 0.6 is 0 Å². The molecule has 3 aromatic rings. The first-order chi connectivity index (χ1) is 14.2. The number of benzene rings is 2. The smallest absolute Gasteiger partial charge is 0.136 e. The van der Waals surface area contributed by atoms with E-state index in [1.165, 1.54) is 24.8 Å². The molecule has 1 fully saturated rings. The van der Waals surface area contributed by atoms with Gasteiger partial charge >= 0.3 is 0 Å². The summed E-state index contributed by atoms with van der Waals surface area (Å²) in [7, 11) is 1.67. The Balaban J connectivity index is 1.41. The largest absolute Gasteiger partial charge is 0.497 e. The highest BCUT2D eigenvalue weighted by Gasteiger charge is 2.21. The third-order valence-electron chi connectivity index (χ3n) is 5.47. The molecular weight excluding hydrogens is 360 g/mol. The summed E-state index contributed by atoms with van der Waals surface area (Å²) in [6.07, 6.45) is 3.55. The van der Waals surface area contributed by atoms with Gasteiger partial charge in [0.25, 0.3) is 0 Å². The zero-order valence-electron chi connectivity index (χ0n) is 17.1. The Hall–Kier alpha value is -3.08. The standard InChI is InChI=1S/C24H28N4O/c1-18-25-23(27-21-9-6-10-22(16-21)29-2)17-24(26-18)28-13-11-20(12-14-28)15-19-7-4-3-5-8-19/h3-10,16-17,20H,11-15H2,1-2H3,(H,25,26,27). The van der Waals surface area contributed by atoms with E-state index in [1.54, 1.807) is 7.11 Å². The molecule has 0 radical (unpaired) electrons. The van der Waals surface area contributed by atoms with E-state index in [-0.39, 0.29) is 0 Å². The van der Waals surface area contributed by atoms with Gasteiger partial charge < -0.3 is 15.0 Å². The number of aryl methyl sites for hydroxylation is 1. The van der Waals surface area contributed by atoms with Crippen LogP contribution in [0.25, 0.3) is 0 Å². The van der Waals surface area contributed by atoms with Crippen molar-refractivity contribution >= 4 is 17.3 Å². The monoisotopic (exact) mass is 388 g/mol. The summed E-state index contributed by atoms with van der Waals surface area (Å²) in [5, 5.41) is 3.38. The lowest BCUT2D eigenvalue weighted by atomic mass is 9.90. The molecule has 1 aliphatic rings. The van der Waals surface area contributed by atoms with Crippen molar-refractivity contribution in [3.05, 3.63) is 72.1 Å². The average molecular weight is 389 g/mol. The van der Waals surface area contributed by atoms with Gasteiger partial charge in [-0.15, -0.1) is 0 Å². The SMILES string of the molecule is COc1cccc(Nc2cc(N3CCC(Cc4ccccc4)CC3)nc(C)n2)c1. The molecule has 1 N–H and O–H groups in total. The fourth-order valence-corrected chi connectivity index (χ4v) is 3.94. The van der Waals surface area contributed by atoms with Crippen molar-refractivity contribution in [2.24, 2.45) is 5.92 Å². The van der Waals surface area contributed by atoms with Gasteiger partial charge in [-0.25, -0.2) is 9.97 Å². The second kappa shape index (κ2) is 8.95. The first-order valence-electron chi connectivity index (χ1n) is 10.3. The lowest BCUT2D eigenvalue weighted by Crippen LogP contribution is -2.35. The molecule has 29 heavy (non-hydrogen) atoms. The van der Waals surface area contributed by atoms with E-state index < -0.39 is 0 Å². The van der Waals surface area contributed by atoms with Crippen LogP contribution in [0.3, 0.4) is 0 Å². The highest BCUT2D eigenvalue weighted by atomic mass is 16.5. The summed E-state index contributed by atoms with van der Waals surface area (Å²) in [5.41, 5.74) is 2.39. The van der Waals surface area contributed by atoms with Crippen LogP contribution < -0.4 is 15.0 Å². The van der Waals surface area contributed by atoms with Gasteiger partial charge in [0, 0.05) is 30.9 Å². The minimum Gasteiger partial charge on any atom is -0.497 e. The molecule has 0 atom stereocenters. The predicted octanol–water partition coefficient (Wildman–Crippen LogP) is 5.00. The van der Waals surface area contributed by atoms with Crippen molar-refractivity contribution in [2.45, 2.75) is 26.2 Å². The number of nitrogens with zero attached hydrogens (tertiary/aromatic N) is 3. The number of methoxy groups -OCH3 is 1. The summed E-state index contributed by atoms with van der Waals surface area (Å²) in [6, 6.07) is 20.7. The highest BCUT2D eigenvalue weighted by molar-refractivity contribution is 5.61. The van der Waals surface area contributed by atoms with Crippen molar-refractivity contribution in [1.29, 1.82) is 0 Å². The third kappa shape index (κ3) is 5.05. The fraction of sp³-hybridized carbons (Fsp3) is 0.333. The van der Waals surface area contributed by atoms with Crippen molar-refractivity contribution in [1.82, 2.24) is 9.97 Å². The minimum absolute atomic E-state index is 0.742. The quantitative estimate of drug-likeness (QED) is 0.644. The zero-order chi connectivity index (χ0) is 20.1. The summed E-state index contributed by atoms with van der Waals surface area (Å²) in [5.74, 6) is 4.15. The third-order valence-corrected chi connectivity index (χ3v) is 5.47. The van der Waals surface area contributed by atoms with E-state index in [9.17, 15) is 0 Å². The molecule has 5 nitrogen and oxygen atoms in total. The van der Waals surface area contributed by atoms with Gasteiger partial charge in [-0.05, 0) is 49.8 Å². The molecule has 0 unspecified atom stereocenters. The number of piperidine rings is 1. The van der Waals surface area contributed by atoms with Crippen LogP contribution in [0.4, 0.5) is 17.3 Å². The van der Waals surface area contributed by atoms with Gasteiger partial charge in [-0.1, -0.05) is 36.4 Å². The van der Waals surface area contributed by atoms with Crippen LogP contribution in [0.15, 0.2) is 60.7 Å². The van der Waals surface area contributed by atoms with Crippen LogP contribution in [0, 0.1) is 12.8 Å². The number of ether oxygens (including phenoxy) is 1. The van der Waals surface area contributed by atoms with Crippen LogP contribution in [0.2, 0.25) is 0 Å². The van der Waals surface area contributed by atoms with Gasteiger partial charge in [0.2, 0.25) is 0 Å². The maximum atomic E-state index is 5.31. The minimum atomic E-state index is 0.742. The lowest BCUT2D eigenvalue weighted by molar-refractivity contribution is 0.402. The molecule has 2 aromatic carbocycles. The number of rotatable bonds is 6. The van der Waals surface area contributed by atoms with Gasteiger partial charge in [0.1, 0.15) is 23.2 Å². The van der Waals surface area contributed by atoms with Crippen LogP contribution in [-0.4, -0.2) is 30.2 Å². The Morgan fingerprint density at radius 3 is 2.55 bits per heavy atom. The Bertz CT molecular complexity index is 937. The number of hydrogen-bond donors (Lipinski definition) is 1. The van der Waals surface area contributed by atoms with Crippen molar-refractivity contribution in [3.63, 3.8) is 0 Å². The Morgan fingerprint density at radius 1 is 1.00 bits per heavy atom. The number of hydrogen-bond acceptors (Lipinski definition) is 5. The fourth-order valence-electron chi connectivity index (χ4n) is 3.94. The molecule has 5 heteroatoms. The summed E-state index contributed by atoms with van der Waals surface area (Å²) in [6.45, 7) is 4.02. The topological polar surface area (TPSA) is 50.3 Å². The molecular formula is C24H28N4O. The highest BCUT2D eigenvalue weighted by Crippen LogP contribution is 2.27. The van der Waals surface area contributed by atoms with E-state index in [0.717, 1.165) is 47.9 Å². The first-order valence-corrected chi connectivity index (χ1v) is 10.3. The van der Waals surface area contributed by atoms with Crippen LogP contribution in [-0.2, 0) is 6.42 Å². The molecule has 150 valence electrons. The van der Waals surface area contributed by atoms with Crippen molar-refractivity contribution in [3.8, 4) is 5.75 Å². The maximum absolute atomic E-state index is 5.31. The normalized spacial score (nSPS) is 14.6. The van der Waals surface area contributed by atoms with Crippen molar-refractivity contribution in [2.75, 3.05) is 30.4 Å². The van der Waals surface area contributed by atoms with Crippen LogP contribution in [0.1, 0.15) is 24.2 Å². The van der Waals surface area contributed by atoms with E-state index in [2.05, 4.69) is 45.5 Å². The second-order valence-corrected chi connectivity index (χ2v) is 7.64. The number of nitrogens with one attached hydrogen (secondary N) is 1. The lowest BCUT2D eigenvalue weighted by Gasteiger charge is -2.33. The van der Waals surface area contributed by atoms with E-state index >= 15 is 0 Å². The molecule has 1 aliphatic heterocycles. The Morgan fingerprint density at radius 2 is 1.79 bits per heavy atom. The van der Waals surface area contributed by atoms with Gasteiger partial charge in [-0.2, -0.15) is 0 Å². The zero-order valence-corrected chi connectivity index (χ0v) is 17.1. The Kier molecular flexibility index (Phi) is 5.94. The molecule has 1 saturated heterocycles. The van der Waals surface area contributed by atoms with Gasteiger partial charge in [0.05, 0.1) is 7.11 Å². The molecule has 0 aliphatic carbocycles. The summed E-state index contributed by atoms with van der Waals surface area (Å²) in [4.78, 5) is 11.6.